The molecule has 0 aliphatic carbocycles. The van der Waals surface area contributed by atoms with E-state index in [-0.39, 0.29) is 0 Å². The summed E-state index contributed by atoms with van der Waals surface area (Å²) in [5.74, 6) is 0. The van der Waals surface area contributed by atoms with Gasteiger partial charge >= 0.3 is 0 Å². The third kappa shape index (κ3) is 4.92. The molecule has 0 saturated heterocycles. The molecule has 2 aromatic heterocycles. The summed E-state index contributed by atoms with van der Waals surface area (Å²) in [6.07, 6.45) is 19.1. The number of aryl methyl sites for hydroxylation is 2. The fraction of sp³-hybridized carbons (Fsp3) is 0.400. The van der Waals surface area contributed by atoms with E-state index in [0.717, 1.165) is 26.1 Å². The molecule has 0 spiro atoms. The number of dihydropyridines is 1. The van der Waals surface area contributed by atoms with Crippen molar-refractivity contribution in [3.63, 3.8) is 0 Å². The van der Waals surface area contributed by atoms with E-state index in [1.54, 1.807) is 0 Å². The summed E-state index contributed by atoms with van der Waals surface area (Å²) in [6, 6.07) is 8.65. The molecule has 1 aliphatic rings. The minimum absolute atomic E-state index is 0.827. The third-order valence-electron chi connectivity index (χ3n) is 4.39. The first-order valence-electron chi connectivity index (χ1n) is 8.69. The topological polar surface area (TPSA) is 21.2 Å². The van der Waals surface area contributed by atoms with Crippen molar-refractivity contribution in [2.24, 2.45) is 4.99 Å². The van der Waals surface area contributed by atoms with Crippen LogP contribution >= 0.6 is 0 Å². The quantitative estimate of drug-likeness (QED) is 0.521. The predicted octanol–water partition coefficient (Wildman–Crippen LogP) is 3.89. The molecule has 0 radical (unpaired) electrons. The fourth-order valence-electron chi connectivity index (χ4n) is 3.00. The van der Waals surface area contributed by atoms with Gasteiger partial charge in [0.1, 0.15) is 6.54 Å². The minimum Gasteiger partial charge on any atom is -0.354 e. The SMILES string of the molecule is C1=NCC=C(c2cc[n+](CCCCCCn3cccc3)cc2)C1. The maximum atomic E-state index is 4.24. The fourth-order valence-corrected chi connectivity index (χ4v) is 3.00. The van der Waals surface area contributed by atoms with Crippen LogP contribution in [0.3, 0.4) is 0 Å². The maximum Gasteiger partial charge on any atom is 0.169 e. The van der Waals surface area contributed by atoms with Crippen LogP contribution in [-0.4, -0.2) is 17.3 Å². The van der Waals surface area contributed by atoms with Crippen LogP contribution in [0.25, 0.3) is 5.57 Å². The Balaban J connectivity index is 1.35. The third-order valence-corrected chi connectivity index (χ3v) is 4.39. The van der Waals surface area contributed by atoms with Gasteiger partial charge in [0.2, 0.25) is 0 Å². The van der Waals surface area contributed by atoms with Crippen molar-refractivity contribution < 1.29 is 4.57 Å². The molecule has 0 atom stereocenters. The van der Waals surface area contributed by atoms with Gasteiger partial charge in [0.05, 0.1) is 6.54 Å². The van der Waals surface area contributed by atoms with E-state index in [1.165, 1.54) is 36.8 Å². The van der Waals surface area contributed by atoms with Gasteiger partial charge in [-0.25, -0.2) is 4.57 Å². The molecule has 120 valence electrons. The molecule has 0 saturated carbocycles. The van der Waals surface area contributed by atoms with Crippen molar-refractivity contribution >= 4 is 11.8 Å². The zero-order valence-electron chi connectivity index (χ0n) is 13.8. The van der Waals surface area contributed by atoms with Crippen molar-refractivity contribution in [1.29, 1.82) is 0 Å². The zero-order chi connectivity index (χ0) is 15.7. The molecule has 0 unspecified atom stereocenters. The van der Waals surface area contributed by atoms with Crippen LogP contribution in [0, 0.1) is 0 Å². The monoisotopic (exact) mass is 308 g/mol. The van der Waals surface area contributed by atoms with Gasteiger partial charge < -0.3 is 4.57 Å². The van der Waals surface area contributed by atoms with Gasteiger partial charge in [-0.3, -0.25) is 4.99 Å². The Bertz CT molecular complexity index is 636. The molecule has 1 aliphatic heterocycles. The minimum atomic E-state index is 0.827. The van der Waals surface area contributed by atoms with Crippen molar-refractivity contribution in [3.8, 4) is 0 Å². The molecule has 0 N–H and O–H groups in total. The molecule has 0 aromatic carbocycles. The van der Waals surface area contributed by atoms with Crippen LogP contribution in [0.5, 0.6) is 0 Å². The normalized spacial score (nSPS) is 14.0. The van der Waals surface area contributed by atoms with E-state index in [2.05, 4.69) is 69.3 Å². The smallest absolute Gasteiger partial charge is 0.169 e. The lowest BCUT2D eigenvalue weighted by Gasteiger charge is -2.07. The summed E-state index contributed by atoms with van der Waals surface area (Å²) in [5, 5.41) is 0. The summed E-state index contributed by atoms with van der Waals surface area (Å²) < 4.78 is 4.56. The number of hydrogen-bond donors (Lipinski definition) is 0. The number of aromatic nitrogens is 2. The Morgan fingerprint density at radius 2 is 1.78 bits per heavy atom. The summed E-state index contributed by atoms with van der Waals surface area (Å²) >= 11 is 0. The summed E-state index contributed by atoms with van der Waals surface area (Å²) in [7, 11) is 0. The van der Waals surface area contributed by atoms with Crippen LogP contribution in [0.15, 0.2) is 60.1 Å². The van der Waals surface area contributed by atoms with E-state index < -0.39 is 0 Å². The second kappa shape index (κ2) is 8.47. The lowest BCUT2D eigenvalue weighted by Crippen LogP contribution is -2.32. The summed E-state index contributed by atoms with van der Waals surface area (Å²) in [4.78, 5) is 4.24. The summed E-state index contributed by atoms with van der Waals surface area (Å²) in [6.45, 7) is 3.09. The second-order valence-electron chi connectivity index (χ2n) is 6.14. The molecule has 3 heteroatoms. The first-order valence-corrected chi connectivity index (χ1v) is 8.69. The van der Waals surface area contributed by atoms with Crippen LogP contribution < -0.4 is 4.57 Å². The number of rotatable bonds is 8. The number of nitrogens with zero attached hydrogens (tertiary/aromatic N) is 3. The average molecular weight is 308 g/mol. The van der Waals surface area contributed by atoms with Gasteiger partial charge in [-0.05, 0) is 36.1 Å². The number of aliphatic imine (C=N–C) groups is 1. The molecule has 3 rings (SSSR count). The second-order valence-corrected chi connectivity index (χ2v) is 6.14. The molecular formula is C20H26N3+. The highest BCUT2D eigenvalue weighted by Gasteiger charge is 2.06. The Hall–Kier alpha value is -2.16. The molecular weight excluding hydrogens is 282 g/mol. The standard InChI is InChI=1S/C20H26N3/c1(3-13-22-15-5-6-16-22)2-4-14-23-17-9-20(10-18-23)19-7-11-21-12-8-19/h5-7,9-10,12,15-18H,1-4,8,11,13-14H2/q+1. The molecule has 2 aromatic rings. The highest BCUT2D eigenvalue weighted by Crippen LogP contribution is 2.17. The highest BCUT2D eigenvalue weighted by molar-refractivity contribution is 5.81. The van der Waals surface area contributed by atoms with Gasteiger partial charge in [-0.1, -0.05) is 12.5 Å². The van der Waals surface area contributed by atoms with Crippen LogP contribution in [0.1, 0.15) is 37.7 Å². The lowest BCUT2D eigenvalue weighted by atomic mass is 10.0. The van der Waals surface area contributed by atoms with Crippen molar-refractivity contribution in [1.82, 2.24) is 4.57 Å². The maximum absolute atomic E-state index is 4.24. The van der Waals surface area contributed by atoms with E-state index in [1.807, 2.05) is 6.21 Å². The lowest BCUT2D eigenvalue weighted by molar-refractivity contribution is -0.697. The van der Waals surface area contributed by atoms with Gasteiger partial charge in [0.25, 0.3) is 0 Å². The molecule has 3 heterocycles. The zero-order valence-corrected chi connectivity index (χ0v) is 13.8. The molecule has 0 fully saturated rings. The molecule has 0 amide bonds. The van der Waals surface area contributed by atoms with Crippen LogP contribution in [0.2, 0.25) is 0 Å². The van der Waals surface area contributed by atoms with Crippen LogP contribution in [-0.2, 0) is 13.1 Å². The van der Waals surface area contributed by atoms with Gasteiger partial charge in [-0.2, -0.15) is 0 Å². The Morgan fingerprint density at radius 3 is 2.52 bits per heavy atom. The molecule has 0 bridgehead atoms. The van der Waals surface area contributed by atoms with Crippen molar-refractivity contribution in [3.05, 3.63) is 60.7 Å². The van der Waals surface area contributed by atoms with E-state index in [0.29, 0.717) is 0 Å². The van der Waals surface area contributed by atoms with E-state index in [9.17, 15) is 0 Å². The van der Waals surface area contributed by atoms with Crippen LogP contribution in [0.4, 0.5) is 0 Å². The number of hydrogen-bond acceptors (Lipinski definition) is 1. The first-order chi connectivity index (χ1) is 11.4. The van der Waals surface area contributed by atoms with Gasteiger partial charge in [0.15, 0.2) is 12.4 Å². The Kier molecular flexibility index (Phi) is 5.79. The van der Waals surface area contributed by atoms with Gasteiger partial charge in [0, 0.05) is 50.1 Å². The largest absolute Gasteiger partial charge is 0.354 e. The van der Waals surface area contributed by atoms with E-state index >= 15 is 0 Å². The Labute approximate surface area is 139 Å². The average Bonchev–Trinajstić information content (AvgIpc) is 3.13. The van der Waals surface area contributed by atoms with Crippen molar-refractivity contribution in [2.75, 3.05) is 6.54 Å². The predicted molar refractivity (Wildman–Crippen MR) is 95.5 cm³/mol. The molecule has 23 heavy (non-hydrogen) atoms. The van der Waals surface area contributed by atoms with Gasteiger partial charge in [-0.15, -0.1) is 0 Å². The van der Waals surface area contributed by atoms with E-state index in [4.69, 9.17) is 0 Å². The Morgan fingerprint density at radius 1 is 1.00 bits per heavy atom. The number of allylic oxidation sites excluding steroid dienone is 1. The first kappa shape index (κ1) is 15.7. The summed E-state index contributed by atoms with van der Waals surface area (Å²) in [5.41, 5.74) is 2.73. The highest BCUT2D eigenvalue weighted by atomic mass is 14.9. The number of pyridine rings is 1. The molecule has 3 nitrogen and oxygen atoms in total. The van der Waals surface area contributed by atoms with Crippen molar-refractivity contribution in [2.45, 2.75) is 45.2 Å². The number of unbranched alkanes of at least 4 members (excludes halogenated alkanes) is 3.